The zero-order chi connectivity index (χ0) is 73.8. The number of hydrogen-bond donors (Lipinski definition) is 3. The van der Waals surface area contributed by atoms with Crippen molar-refractivity contribution in [2.24, 2.45) is 23.7 Å². The van der Waals surface area contributed by atoms with Crippen LogP contribution in [0.5, 0.6) is 0 Å². The predicted octanol–water partition coefficient (Wildman–Crippen LogP) is 24.0. The lowest BCUT2D eigenvalue weighted by atomic mass is 9.99. The summed E-state index contributed by atoms with van der Waals surface area (Å²) in [5.41, 5.74) is 0. The van der Waals surface area contributed by atoms with Gasteiger partial charge in [-0.25, -0.2) is 9.13 Å². The maximum absolute atomic E-state index is 13.1. The number of hydrogen-bond acceptors (Lipinski definition) is 15. The minimum Gasteiger partial charge on any atom is -0.462 e. The molecule has 0 aliphatic heterocycles. The molecule has 0 fully saturated rings. The highest BCUT2D eigenvalue weighted by atomic mass is 31.2. The third-order valence-electron chi connectivity index (χ3n) is 19.2. The second-order valence-corrected chi connectivity index (χ2v) is 33.7. The van der Waals surface area contributed by atoms with Gasteiger partial charge in [-0.15, -0.1) is 0 Å². The summed E-state index contributed by atoms with van der Waals surface area (Å²) in [7, 11) is -9.92. The first-order chi connectivity index (χ1) is 48.1. The normalized spacial score (nSPS) is 14.3. The van der Waals surface area contributed by atoms with Crippen LogP contribution in [0, 0.1) is 23.7 Å². The predicted molar refractivity (Wildman–Crippen MR) is 409 cm³/mol. The molecule has 0 aliphatic rings. The summed E-state index contributed by atoms with van der Waals surface area (Å²) in [6.45, 7) is 14.2. The van der Waals surface area contributed by atoms with Gasteiger partial charge in [-0.1, -0.05) is 364 Å². The lowest BCUT2D eigenvalue weighted by molar-refractivity contribution is -0.161. The second-order valence-electron chi connectivity index (χ2n) is 30.8. The summed E-state index contributed by atoms with van der Waals surface area (Å²) < 4.78 is 68.7. The molecule has 0 aromatic heterocycles. The number of carbonyl (C=O) groups excluding carboxylic acids is 4. The SMILES string of the molecule is CCC(C)CCCCCCCCCCCCCCCCCCCCC(=O)O[C@H](COC(=O)CCCCCCCCC(C)C)COP(=O)(O)OC[C@H](O)COP(=O)(O)OC[C@@H](COC(=O)CCCCCCCCCCCCC(C)C)OC(=O)CCCCCCCCCCCCCCCC(C)C. The van der Waals surface area contributed by atoms with Crippen LogP contribution in [-0.4, -0.2) is 96.7 Å². The Hall–Kier alpha value is -1.94. The Kier molecular flexibility index (Phi) is 68.7. The van der Waals surface area contributed by atoms with Crippen LogP contribution in [0.2, 0.25) is 0 Å². The van der Waals surface area contributed by atoms with E-state index in [2.05, 4.69) is 55.4 Å². The van der Waals surface area contributed by atoms with Crippen molar-refractivity contribution in [3.63, 3.8) is 0 Å². The Morgan fingerprint density at radius 1 is 0.280 bits per heavy atom. The first-order valence-electron chi connectivity index (χ1n) is 41.7. The fourth-order valence-electron chi connectivity index (χ4n) is 12.4. The third-order valence-corrected chi connectivity index (χ3v) is 21.1. The first kappa shape index (κ1) is 98.1. The van der Waals surface area contributed by atoms with Crippen LogP contribution >= 0.6 is 15.6 Å². The number of unbranched alkanes of at least 4 members (excludes halogenated alkanes) is 43. The Labute approximate surface area is 613 Å². The third kappa shape index (κ3) is 73.0. The molecule has 0 saturated carbocycles. The molecular weight excluding hydrogens is 1310 g/mol. The van der Waals surface area contributed by atoms with Gasteiger partial charge in [0.25, 0.3) is 0 Å². The number of phosphoric ester groups is 2. The van der Waals surface area contributed by atoms with Crippen molar-refractivity contribution >= 4 is 39.5 Å². The molecule has 0 aliphatic carbocycles. The van der Waals surface area contributed by atoms with E-state index in [9.17, 15) is 43.2 Å². The molecule has 100 heavy (non-hydrogen) atoms. The molecule has 0 bridgehead atoms. The lowest BCUT2D eigenvalue weighted by Crippen LogP contribution is -2.30. The van der Waals surface area contributed by atoms with Gasteiger partial charge in [0.1, 0.15) is 19.3 Å². The van der Waals surface area contributed by atoms with E-state index >= 15 is 0 Å². The highest BCUT2D eigenvalue weighted by Crippen LogP contribution is 2.45. The molecule has 0 aromatic rings. The Bertz CT molecular complexity index is 1960. The van der Waals surface area contributed by atoms with E-state index in [-0.39, 0.29) is 25.7 Å². The van der Waals surface area contributed by atoms with E-state index < -0.39 is 97.5 Å². The highest BCUT2D eigenvalue weighted by Gasteiger charge is 2.30. The topological polar surface area (TPSA) is 237 Å². The van der Waals surface area contributed by atoms with E-state index in [1.54, 1.807) is 0 Å². The molecule has 0 aromatic carbocycles. The second kappa shape index (κ2) is 70.1. The van der Waals surface area contributed by atoms with Crippen molar-refractivity contribution in [3.8, 4) is 0 Å². The molecule has 6 atom stereocenters. The van der Waals surface area contributed by atoms with Crippen molar-refractivity contribution < 1.29 is 80.2 Å². The van der Waals surface area contributed by atoms with Gasteiger partial charge in [0.2, 0.25) is 0 Å². The van der Waals surface area contributed by atoms with Gasteiger partial charge in [-0.2, -0.15) is 0 Å². The van der Waals surface area contributed by atoms with E-state index in [0.29, 0.717) is 31.6 Å². The van der Waals surface area contributed by atoms with E-state index in [1.807, 2.05) is 0 Å². The summed E-state index contributed by atoms with van der Waals surface area (Å²) in [6, 6.07) is 0. The maximum atomic E-state index is 13.1. The Morgan fingerprint density at radius 2 is 0.480 bits per heavy atom. The van der Waals surface area contributed by atoms with E-state index in [4.69, 9.17) is 37.0 Å². The largest absolute Gasteiger partial charge is 0.472 e. The number of phosphoric acid groups is 2. The number of rotatable bonds is 78. The minimum absolute atomic E-state index is 0.107. The smallest absolute Gasteiger partial charge is 0.462 e. The van der Waals surface area contributed by atoms with Crippen LogP contribution in [0.3, 0.4) is 0 Å². The summed E-state index contributed by atoms with van der Waals surface area (Å²) >= 11 is 0. The molecular formula is C81H158O17P2. The molecule has 0 rings (SSSR count). The van der Waals surface area contributed by atoms with Gasteiger partial charge in [0.05, 0.1) is 26.4 Å². The van der Waals surface area contributed by atoms with Crippen molar-refractivity contribution in [3.05, 3.63) is 0 Å². The average molecular weight is 1470 g/mol. The van der Waals surface area contributed by atoms with E-state index in [0.717, 1.165) is 114 Å². The summed E-state index contributed by atoms with van der Waals surface area (Å²) in [5.74, 6) is 0.979. The number of aliphatic hydroxyl groups is 1. The monoisotopic (exact) mass is 1470 g/mol. The van der Waals surface area contributed by atoms with Gasteiger partial charge in [-0.05, 0) is 49.4 Å². The Morgan fingerprint density at radius 3 is 0.710 bits per heavy atom. The van der Waals surface area contributed by atoms with Crippen molar-refractivity contribution in [2.75, 3.05) is 39.6 Å². The molecule has 3 N–H and O–H groups in total. The van der Waals surface area contributed by atoms with Crippen molar-refractivity contribution in [2.45, 2.75) is 433 Å². The molecule has 19 heteroatoms. The summed E-state index contributed by atoms with van der Waals surface area (Å²) in [5, 5.41) is 10.6. The molecule has 0 saturated heterocycles. The maximum Gasteiger partial charge on any atom is 0.472 e. The van der Waals surface area contributed by atoms with Crippen LogP contribution in [0.4, 0.5) is 0 Å². The van der Waals surface area contributed by atoms with E-state index in [1.165, 1.54) is 212 Å². The van der Waals surface area contributed by atoms with Crippen molar-refractivity contribution in [1.29, 1.82) is 0 Å². The fourth-order valence-corrected chi connectivity index (χ4v) is 14.0. The molecule has 3 unspecified atom stereocenters. The van der Waals surface area contributed by atoms with Crippen LogP contribution < -0.4 is 0 Å². The quantitative estimate of drug-likeness (QED) is 0.0222. The molecule has 594 valence electrons. The highest BCUT2D eigenvalue weighted by molar-refractivity contribution is 7.47. The number of esters is 4. The van der Waals surface area contributed by atoms with Crippen LogP contribution in [-0.2, 0) is 65.4 Å². The molecule has 0 amide bonds. The molecule has 17 nitrogen and oxygen atoms in total. The zero-order valence-corrected chi connectivity index (χ0v) is 67.6. The molecule has 0 radical (unpaired) electrons. The number of ether oxygens (including phenoxy) is 4. The number of carbonyl (C=O) groups is 4. The van der Waals surface area contributed by atoms with Crippen LogP contribution in [0.15, 0.2) is 0 Å². The van der Waals surface area contributed by atoms with Gasteiger partial charge in [-0.3, -0.25) is 37.3 Å². The van der Waals surface area contributed by atoms with Gasteiger partial charge in [0, 0.05) is 25.7 Å². The molecule has 0 heterocycles. The summed E-state index contributed by atoms with van der Waals surface area (Å²) in [4.78, 5) is 72.9. The minimum atomic E-state index is -4.96. The first-order valence-corrected chi connectivity index (χ1v) is 44.7. The summed E-state index contributed by atoms with van der Waals surface area (Å²) in [6.07, 6.45) is 57.1. The molecule has 0 spiro atoms. The number of aliphatic hydroxyl groups excluding tert-OH is 1. The average Bonchev–Trinajstić information content (AvgIpc) is 1.03. The van der Waals surface area contributed by atoms with Gasteiger partial charge >= 0.3 is 39.5 Å². The van der Waals surface area contributed by atoms with Crippen LogP contribution in [0.25, 0.3) is 0 Å². The lowest BCUT2D eigenvalue weighted by Gasteiger charge is -2.21. The van der Waals surface area contributed by atoms with Gasteiger partial charge < -0.3 is 33.8 Å². The van der Waals surface area contributed by atoms with Crippen LogP contribution in [0.1, 0.15) is 415 Å². The zero-order valence-electron chi connectivity index (χ0n) is 65.8. The van der Waals surface area contributed by atoms with Gasteiger partial charge in [0.15, 0.2) is 12.2 Å². The Balaban J connectivity index is 5.18. The fraction of sp³-hybridized carbons (Fsp3) is 0.951. The standard InChI is InChI=1S/C81H158O17P2/c1-9-74(8)60-52-44-35-29-22-18-14-12-10-11-13-15-19-23-31-37-47-55-63-81(86)98-77(68-92-79(84)62-54-46-40-39-43-51-59-73(6)7)70-96-100(89,90)94-66-75(82)65-93-99(87,88)95-69-76(67-91-78(83)61-53-45-36-30-26-25-28-34-42-50-58-72(4)5)97-80(85)64-56-48-38-32-24-20-16-17-21-27-33-41-49-57-71(2)3/h71-77,82H,9-70H2,1-8H3,(H,87,88)(H,89,90)/t74?,75-,76-,77-/m1/s1. The van der Waals surface area contributed by atoms with Crippen molar-refractivity contribution in [1.82, 2.24) is 0 Å².